The Morgan fingerprint density at radius 2 is 0.887 bits per heavy atom. The number of phosphoric ester groups is 1. The summed E-state index contributed by atoms with van der Waals surface area (Å²) >= 11 is 0. The summed E-state index contributed by atoms with van der Waals surface area (Å²) in [6.45, 7) is 4.83. The summed E-state index contributed by atoms with van der Waals surface area (Å²) in [5, 5.41) is 13.9. The van der Waals surface area contributed by atoms with Gasteiger partial charge in [0.1, 0.15) is 13.2 Å². The number of unbranched alkanes of at least 4 members (excludes halogenated alkanes) is 34. The SMILES string of the molecule is CCCCCCCCCCCCCCCCCCCC/C=C/CC/C=C/C(O)C(COP(=O)(O)OCC[N+](C)(C)C)NC(=O)CCCCCCCCCCCCCCCCCC. The van der Waals surface area contributed by atoms with Gasteiger partial charge in [-0.1, -0.05) is 244 Å². The maximum atomic E-state index is 12.9. The molecule has 0 aromatic heterocycles. The average Bonchev–Trinajstić information content (AvgIpc) is 3.23. The molecule has 0 aromatic carbocycles. The second-order valence-electron chi connectivity index (χ2n) is 19.6. The van der Waals surface area contributed by atoms with Crippen LogP contribution in [0, 0.1) is 0 Å². The Balaban J connectivity index is 4.28. The standard InChI is InChI=1S/C53H105N2O6P/c1-6-8-10-12-14-16-18-20-22-24-25-26-27-28-29-30-31-32-34-36-38-40-42-44-46-52(56)51(50-61-62(58,59)60-49-48-55(3,4)5)54-53(57)47-45-43-41-39-37-35-33-23-21-19-17-15-13-11-9-7-2/h36,38,44,46,51-52,56H,6-35,37,39-43,45,47-50H2,1-5H3,(H-,54,57,58,59)/p+1/b38-36+,46-44+. The number of aliphatic hydroxyl groups is 1. The van der Waals surface area contributed by atoms with Crippen LogP contribution < -0.4 is 5.32 Å². The number of amides is 1. The number of hydrogen-bond acceptors (Lipinski definition) is 5. The van der Waals surface area contributed by atoms with Gasteiger partial charge in [-0.25, -0.2) is 4.57 Å². The van der Waals surface area contributed by atoms with Crippen LogP contribution >= 0.6 is 7.82 Å². The van der Waals surface area contributed by atoms with Gasteiger partial charge in [-0.05, 0) is 32.1 Å². The van der Waals surface area contributed by atoms with Gasteiger partial charge >= 0.3 is 7.82 Å². The van der Waals surface area contributed by atoms with Crippen molar-refractivity contribution in [3.63, 3.8) is 0 Å². The zero-order chi connectivity index (χ0) is 45.7. The van der Waals surface area contributed by atoms with Crippen LogP contribution in [-0.2, 0) is 18.4 Å². The van der Waals surface area contributed by atoms with Gasteiger partial charge in [-0.2, -0.15) is 0 Å². The number of nitrogens with one attached hydrogen (secondary N) is 1. The second-order valence-corrected chi connectivity index (χ2v) is 21.1. The van der Waals surface area contributed by atoms with Gasteiger partial charge < -0.3 is 19.8 Å². The first-order chi connectivity index (χ1) is 30.0. The van der Waals surface area contributed by atoms with Crippen molar-refractivity contribution in [1.82, 2.24) is 5.32 Å². The number of nitrogens with zero attached hydrogens (tertiary/aromatic N) is 1. The van der Waals surface area contributed by atoms with Gasteiger partial charge in [0.2, 0.25) is 5.91 Å². The van der Waals surface area contributed by atoms with Crippen molar-refractivity contribution >= 4 is 13.7 Å². The summed E-state index contributed by atoms with van der Waals surface area (Å²) in [6, 6.07) is -0.859. The van der Waals surface area contributed by atoms with Crippen LogP contribution in [0.5, 0.6) is 0 Å². The van der Waals surface area contributed by atoms with Crippen LogP contribution in [0.15, 0.2) is 24.3 Å². The largest absolute Gasteiger partial charge is 0.472 e. The van der Waals surface area contributed by atoms with E-state index >= 15 is 0 Å². The topological polar surface area (TPSA) is 105 Å². The first-order valence-corrected chi connectivity index (χ1v) is 28.2. The summed E-state index contributed by atoms with van der Waals surface area (Å²) in [4.78, 5) is 23.2. The lowest BCUT2D eigenvalue weighted by Gasteiger charge is -2.25. The molecule has 0 aliphatic carbocycles. The quantitative estimate of drug-likeness (QED) is 0.0243. The van der Waals surface area contributed by atoms with Crippen molar-refractivity contribution < 1.29 is 32.9 Å². The Morgan fingerprint density at radius 3 is 1.29 bits per heavy atom. The molecule has 3 unspecified atom stereocenters. The zero-order valence-corrected chi connectivity index (χ0v) is 42.8. The maximum Gasteiger partial charge on any atom is 0.472 e. The number of likely N-dealkylation sites (N-methyl/N-ethyl adjacent to an activating group) is 1. The number of allylic oxidation sites excluding steroid dienone is 3. The summed E-state index contributed by atoms with van der Waals surface area (Å²) in [7, 11) is 1.57. The molecule has 0 saturated carbocycles. The van der Waals surface area contributed by atoms with Crippen LogP contribution in [0.25, 0.3) is 0 Å². The highest BCUT2D eigenvalue weighted by molar-refractivity contribution is 7.47. The normalized spacial score (nSPS) is 14.2. The molecule has 8 nitrogen and oxygen atoms in total. The molecule has 0 fully saturated rings. The zero-order valence-electron chi connectivity index (χ0n) is 41.9. The lowest BCUT2D eigenvalue weighted by Crippen LogP contribution is -2.45. The fraction of sp³-hybridized carbons (Fsp3) is 0.906. The van der Waals surface area contributed by atoms with Gasteiger partial charge in [-0.15, -0.1) is 0 Å². The third-order valence-corrected chi connectivity index (χ3v) is 13.2. The fourth-order valence-electron chi connectivity index (χ4n) is 7.94. The molecule has 62 heavy (non-hydrogen) atoms. The van der Waals surface area contributed by atoms with Crippen molar-refractivity contribution in [2.75, 3.05) is 40.9 Å². The van der Waals surface area contributed by atoms with Crippen LogP contribution in [0.1, 0.15) is 258 Å². The molecule has 0 spiro atoms. The Morgan fingerprint density at radius 1 is 0.532 bits per heavy atom. The number of hydrogen-bond donors (Lipinski definition) is 3. The molecule has 0 aliphatic heterocycles. The van der Waals surface area contributed by atoms with E-state index in [1.165, 1.54) is 199 Å². The van der Waals surface area contributed by atoms with Crippen molar-refractivity contribution in [2.24, 2.45) is 0 Å². The maximum absolute atomic E-state index is 12.9. The highest BCUT2D eigenvalue weighted by Crippen LogP contribution is 2.43. The van der Waals surface area contributed by atoms with E-state index in [1.807, 2.05) is 27.2 Å². The Kier molecular flexibility index (Phi) is 44.4. The molecule has 0 bridgehead atoms. The van der Waals surface area contributed by atoms with Crippen LogP contribution in [0.4, 0.5) is 0 Å². The van der Waals surface area contributed by atoms with Crippen molar-refractivity contribution in [2.45, 2.75) is 270 Å². The van der Waals surface area contributed by atoms with Crippen LogP contribution in [0.3, 0.4) is 0 Å². The van der Waals surface area contributed by atoms with E-state index < -0.39 is 20.0 Å². The Bertz CT molecular complexity index is 1060. The monoisotopic (exact) mass is 898 g/mol. The Hall–Kier alpha value is -1.02. The van der Waals surface area contributed by atoms with Gasteiger partial charge in [-0.3, -0.25) is 13.8 Å². The number of quaternary nitrogens is 1. The molecule has 0 aliphatic rings. The minimum atomic E-state index is -4.35. The van der Waals surface area contributed by atoms with E-state index in [9.17, 15) is 19.4 Å². The van der Waals surface area contributed by atoms with Crippen molar-refractivity contribution in [3.05, 3.63) is 24.3 Å². The molecule has 3 N–H and O–H groups in total. The molecular weight excluding hydrogens is 792 g/mol. The van der Waals surface area contributed by atoms with Crippen LogP contribution in [-0.4, -0.2) is 73.4 Å². The minimum Gasteiger partial charge on any atom is -0.387 e. The van der Waals surface area contributed by atoms with Gasteiger partial charge in [0.25, 0.3) is 0 Å². The number of carbonyl (C=O) groups excluding carboxylic acids is 1. The summed E-state index contributed by atoms with van der Waals surface area (Å²) in [5.41, 5.74) is 0. The van der Waals surface area contributed by atoms with E-state index in [0.29, 0.717) is 17.4 Å². The van der Waals surface area contributed by atoms with E-state index in [2.05, 4.69) is 31.3 Å². The van der Waals surface area contributed by atoms with Crippen molar-refractivity contribution in [1.29, 1.82) is 0 Å². The first kappa shape index (κ1) is 61.0. The lowest BCUT2D eigenvalue weighted by molar-refractivity contribution is -0.870. The lowest BCUT2D eigenvalue weighted by atomic mass is 10.0. The fourth-order valence-corrected chi connectivity index (χ4v) is 8.68. The molecule has 368 valence electrons. The van der Waals surface area contributed by atoms with Crippen molar-refractivity contribution in [3.8, 4) is 0 Å². The smallest absolute Gasteiger partial charge is 0.387 e. The van der Waals surface area contributed by atoms with E-state index in [-0.39, 0.29) is 19.1 Å². The second kappa shape index (κ2) is 45.1. The molecule has 0 saturated heterocycles. The predicted molar refractivity (Wildman–Crippen MR) is 268 cm³/mol. The molecular formula is C53H106N2O6P+. The summed E-state index contributed by atoms with van der Waals surface area (Å²) in [6.07, 6.45) is 55.6. The van der Waals surface area contributed by atoms with Gasteiger partial charge in [0.15, 0.2) is 0 Å². The first-order valence-electron chi connectivity index (χ1n) is 26.7. The molecule has 3 atom stereocenters. The third kappa shape index (κ3) is 47.0. The van der Waals surface area contributed by atoms with E-state index in [1.54, 1.807) is 6.08 Å². The number of rotatable bonds is 49. The minimum absolute atomic E-state index is 0.0586. The average molecular weight is 898 g/mol. The Labute approximate surface area is 385 Å². The summed E-state index contributed by atoms with van der Waals surface area (Å²) < 4.78 is 23.6. The summed E-state index contributed by atoms with van der Waals surface area (Å²) in [5.74, 6) is -0.183. The molecule has 0 radical (unpaired) electrons. The van der Waals surface area contributed by atoms with Gasteiger partial charge in [0.05, 0.1) is 39.9 Å². The molecule has 1 amide bonds. The third-order valence-electron chi connectivity index (χ3n) is 12.2. The number of carbonyl (C=O) groups is 1. The highest BCUT2D eigenvalue weighted by atomic mass is 31.2. The molecule has 0 rings (SSSR count). The van der Waals surface area contributed by atoms with E-state index in [4.69, 9.17) is 9.05 Å². The molecule has 0 aromatic rings. The number of phosphoric acid groups is 1. The predicted octanol–water partition coefficient (Wildman–Crippen LogP) is 15.6. The molecule has 9 heteroatoms. The van der Waals surface area contributed by atoms with Gasteiger partial charge in [0, 0.05) is 6.42 Å². The molecule has 0 heterocycles. The highest BCUT2D eigenvalue weighted by Gasteiger charge is 2.27. The van der Waals surface area contributed by atoms with E-state index in [0.717, 1.165) is 38.5 Å². The number of aliphatic hydroxyl groups excluding tert-OH is 1. The van der Waals surface area contributed by atoms with Crippen LogP contribution in [0.2, 0.25) is 0 Å².